The van der Waals surface area contributed by atoms with Crippen molar-refractivity contribution in [3.8, 4) is 0 Å². The summed E-state index contributed by atoms with van der Waals surface area (Å²) in [4.78, 5) is 23.4. The molecule has 4 unspecified atom stereocenters. The number of amides is 2. The fourth-order valence-electron chi connectivity index (χ4n) is 2.62. The number of rotatable bonds is 8. The summed E-state index contributed by atoms with van der Waals surface area (Å²) in [5.41, 5.74) is 0.728. The standard InChI is InChI=1S/C17H23FN2O6/c1-25-9-15(22)20-8-13-17(24)16(23)12(26-13)6-14(21)19-7-10-2-4-11(18)5-3-10/h2-5,12-13,16-17,23-24H,6-9H2,1H3,(H,19,21)(H,20,22). The molecule has 144 valence electrons. The molecule has 1 aliphatic heterocycles. The molecular formula is C17H23FN2O6. The number of hydrogen-bond donors (Lipinski definition) is 4. The fraction of sp³-hybridized carbons (Fsp3) is 0.529. The number of nitrogens with one attached hydrogen (secondary N) is 2. The van der Waals surface area contributed by atoms with Crippen molar-refractivity contribution in [2.75, 3.05) is 20.3 Å². The average Bonchev–Trinajstić information content (AvgIpc) is 2.88. The Labute approximate surface area is 150 Å². The van der Waals surface area contributed by atoms with E-state index in [-0.39, 0.29) is 43.7 Å². The van der Waals surface area contributed by atoms with Gasteiger partial charge in [-0.2, -0.15) is 0 Å². The first-order valence-corrected chi connectivity index (χ1v) is 8.19. The minimum Gasteiger partial charge on any atom is -0.388 e. The van der Waals surface area contributed by atoms with Gasteiger partial charge < -0.3 is 30.3 Å². The number of methoxy groups -OCH3 is 1. The van der Waals surface area contributed by atoms with Crippen LogP contribution in [0.15, 0.2) is 24.3 Å². The second-order valence-electron chi connectivity index (χ2n) is 6.04. The summed E-state index contributed by atoms with van der Waals surface area (Å²) in [5.74, 6) is -1.12. The number of carbonyl (C=O) groups excluding carboxylic acids is 2. The fourth-order valence-corrected chi connectivity index (χ4v) is 2.62. The number of halogens is 1. The van der Waals surface area contributed by atoms with Crippen LogP contribution in [-0.2, 0) is 25.6 Å². The lowest BCUT2D eigenvalue weighted by atomic mass is 10.1. The topological polar surface area (TPSA) is 117 Å². The smallest absolute Gasteiger partial charge is 0.246 e. The van der Waals surface area contributed by atoms with Gasteiger partial charge in [-0.05, 0) is 17.7 Å². The van der Waals surface area contributed by atoms with E-state index in [1.54, 1.807) is 12.1 Å². The summed E-state index contributed by atoms with van der Waals surface area (Å²) >= 11 is 0. The minimum absolute atomic E-state index is 0.00583. The average molecular weight is 370 g/mol. The van der Waals surface area contributed by atoms with Gasteiger partial charge in [0.2, 0.25) is 11.8 Å². The zero-order chi connectivity index (χ0) is 19.1. The minimum atomic E-state index is -1.24. The first-order valence-electron chi connectivity index (χ1n) is 8.19. The van der Waals surface area contributed by atoms with E-state index in [2.05, 4.69) is 15.4 Å². The number of ether oxygens (including phenoxy) is 2. The van der Waals surface area contributed by atoms with E-state index in [9.17, 15) is 24.2 Å². The van der Waals surface area contributed by atoms with Crippen molar-refractivity contribution in [1.29, 1.82) is 0 Å². The summed E-state index contributed by atoms with van der Waals surface area (Å²) in [5, 5.41) is 25.2. The highest BCUT2D eigenvalue weighted by atomic mass is 19.1. The third kappa shape index (κ3) is 5.73. The normalized spacial score (nSPS) is 25.1. The van der Waals surface area contributed by atoms with Crippen molar-refractivity contribution in [3.63, 3.8) is 0 Å². The molecule has 1 fully saturated rings. The van der Waals surface area contributed by atoms with Crippen LogP contribution in [0, 0.1) is 5.82 Å². The van der Waals surface area contributed by atoms with Crippen molar-refractivity contribution < 1.29 is 33.7 Å². The van der Waals surface area contributed by atoms with Crippen LogP contribution < -0.4 is 10.6 Å². The molecule has 0 aromatic heterocycles. The molecule has 1 aliphatic rings. The van der Waals surface area contributed by atoms with Crippen molar-refractivity contribution in [1.82, 2.24) is 10.6 Å². The molecule has 1 aromatic rings. The highest BCUT2D eigenvalue weighted by molar-refractivity contribution is 5.77. The van der Waals surface area contributed by atoms with E-state index >= 15 is 0 Å². The number of aliphatic hydroxyl groups is 2. The summed E-state index contributed by atoms with van der Waals surface area (Å²) in [6.07, 6.45) is -4.31. The van der Waals surface area contributed by atoms with E-state index in [4.69, 9.17) is 4.74 Å². The van der Waals surface area contributed by atoms with Gasteiger partial charge in [0.25, 0.3) is 0 Å². The van der Waals surface area contributed by atoms with E-state index < -0.39 is 24.4 Å². The van der Waals surface area contributed by atoms with Gasteiger partial charge in [-0.25, -0.2) is 4.39 Å². The van der Waals surface area contributed by atoms with Gasteiger partial charge in [0, 0.05) is 20.2 Å². The lowest BCUT2D eigenvalue weighted by molar-refractivity contribution is -0.127. The van der Waals surface area contributed by atoms with Gasteiger partial charge in [-0.15, -0.1) is 0 Å². The second-order valence-corrected chi connectivity index (χ2v) is 6.04. The quantitative estimate of drug-likeness (QED) is 0.470. The molecule has 4 atom stereocenters. The Kier molecular flexibility index (Phi) is 7.46. The van der Waals surface area contributed by atoms with Gasteiger partial charge >= 0.3 is 0 Å². The first kappa shape index (κ1) is 20.2. The van der Waals surface area contributed by atoms with Crippen LogP contribution in [0.1, 0.15) is 12.0 Å². The Balaban J connectivity index is 1.78. The summed E-state index contributed by atoms with van der Waals surface area (Å²) in [6.45, 7) is 0.0791. The van der Waals surface area contributed by atoms with Gasteiger partial charge in [-0.3, -0.25) is 9.59 Å². The zero-order valence-electron chi connectivity index (χ0n) is 14.4. The second kappa shape index (κ2) is 9.58. The van der Waals surface area contributed by atoms with E-state index in [1.807, 2.05) is 0 Å². The van der Waals surface area contributed by atoms with E-state index in [1.165, 1.54) is 19.2 Å². The van der Waals surface area contributed by atoms with Crippen molar-refractivity contribution in [2.45, 2.75) is 37.4 Å². The third-order valence-electron chi connectivity index (χ3n) is 4.03. The molecule has 4 N–H and O–H groups in total. The highest BCUT2D eigenvalue weighted by Gasteiger charge is 2.43. The summed E-state index contributed by atoms with van der Waals surface area (Å²) < 4.78 is 23.0. The number of carbonyl (C=O) groups is 2. The Bertz CT molecular complexity index is 612. The number of benzene rings is 1. The van der Waals surface area contributed by atoms with Crippen molar-refractivity contribution >= 4 is 11.8 Å². The van der Waals surface area contributed by atoms with Gasteiger partial charge in [0.15, 0.2) is 0 Å². The number of hydrogen-bond acceptors (Lipinski definition) is 6. The predicted octanol–water partition coefficient (Wildman–Crippen LogP) is -0.916. The van der Waals surface area contributed by atoms with Crippen molar-refractivity contribution in [2.24, 2.45) is 0 Å². The Morgan fingerprint density at radius 1 is 1.12 bits per heavy atom. The molecule has 9 heteroatoms. The molecule has 1 heterocycles. The van der Waals surface area contributed by atoms with Crippen LogP contribution in [0.25, 0.3) is 0 Å². The maximum atomic E-state index is 12.8. The van der Waals surface area contributed by atoms with E-state index in [0.29, 0.717) is 0 Å². The maximum Gasteiger partial charge on any atom is 0.246 e. The molecule has 0 bridgehead atoms. The molecule has 0 spiro atoms. The molecule has 26 heavy (non-hydrogen) atoms. The molecule has 2 rings (SSSR count). The van der Waals surface area contributed by atoms with Crippen molar-refractivity contribution in [3.05, 3.63) is 35.6 Å². The number of aliphatic hydroxyl groups excluding tert-OH is 2. The summed E-state index contributed by atoms with van der Waals surface area (Å²) in [6, 6.07) is 5.70. The van der Waals surface area contributed by atoms with Crippen LogP contribution in [0.2, 0.25) is 0 Å². The lowest BCUT2D eigenvalue weighted by Gasteiger charge is -2.15. The Hall–Kier alpha value is -2.07. The van der Waals surface area contributed by atoms with Gasteiger partial charge in [-0.1, -0.05) is 12.1 Å². The zero-order valence-corrected chi connectivity index (χ0v) is 14.4. The van der Waals surface area contributed by atoms with Crippen LogP contribution in [0.3, 0.4) is 0 Å². The molecule has 0 saturated carbocycles. The summed E-state index contributed by atoms with van der Waals surface area (Å²) in [7, 11) is 1.38. The first-order chi connectivity index (χ1) is 12.4. The molecule has 8 nitrogen and oxygen atoms in total. The Morgan fingerprint density at radius 2 is 1.77 bits per heavy atom. The van der Waals surface area contributed by atoms with Gasteiger partial charge in [0.05, 0.1) is 12.5 Å². The maximum absolute atomic E-state index is 12.8. The Morgan fingerprint density at radius 3 is 2.42 bits per heavy atom. The highest BCUT2D eigenvalue weighted by Crippen LogP contribution is 2.23. The predicted molar refractivity (Wildman–Crippen MR) is 88.4 cm³/mol. The molecule has 2 amide bonds. The largest absolute Gasteiger partial charge is 0.388 e. The SMILES string of the molecule is COCC(=O)NCC1OC(CC(=O)NCc2ccc(F)cc2)C(O)C1O. The molecule has 1 saturated heterocycles. The van der Waals surface area contributed by atoms with Crippen LogP contribution in [-0.4, -0.2) is 66.7 Å². The lowest BCUT2D eigenvalue weighted by Crippen LogP contribution is -2.41. The third-order valence-corrected chi connectivity index (χ3v) is 4.03. The molecular weight excluding hydrogens is 347 g/mol. The van der Waals surface area contributed by atoms with Crippen LogP contribution in [0.4, 0.5) is 4.39 Å². The van der Waals surface area contributed by atoms with E-state index in [0.717, 1.165) is 5.56 Å². The molecule has 0 radical (unpaired) electrons. The van der Waals surface area contributed by atoms with Crippen LogP contribution in [0.5, 0.6) is 0 Å². The monoisotopic (exact) mass is 370 g/mol. The van der Waals surface area contributed by atoms with Crippen LogP contribution >= 0.6 is 0 Å². The molecule has 0 aliphatic carbocycles. The molecule has 1 aromatic carbocycles. The van der Waals surface area contributed by atoms with Gasteiger partial charge in [0.1, 0.15) is 30.7 Å².